The van der Waals surface area contributed by atoms with Crippen molar-refractivity contribution in [2.24, 2.45) is 0 Å². The number of carbonyl (C=O) groups is 2. The van der Waals surface area contributed by atoms with Crippen molar-refractivity contribution < 1.29 is 19.1 Å². The molecule has 30 heavy (non-hydrogen) atoms. The number of hydrogen-bond acceptors (Lipinski definition) is 5. The van der Waals surface area contributed by atoms with Crippen LogP contribution < -0.4 is 10.6 Å². The van der Waals surface area contributed by atoms with Gasteiger partial charge in [-0.3, -0.25) is 10.1 Å². The van der Waals surface area contributed by atoms with Crippen LogP contribution in [-0.4, -0.2) is 26.6 Å². The smallest absolute Gasteiger partial charge is 0.322 e. The third-order valence-corrected chi connectivity index (χ3v) is 6.05. The first-order valence-electron chi connectivity index (χ1n) is 9.08. The van der Waals surface area contributed by atoms with Gasteiger partial charge in [-0.05, 0) is 23.8 Å². The van der Waals surface area contributed by atoms with Crippen LogP contribution in [-0.2, 0) is 16.9 Å². The fourth-order valence-corrected chi connectivity index (χ4v) is 4.40. The largest absolute Gasteiger partial charge is 0.494 e. The summed E-state index contributed by atoms with van der Waals surface area (Å²) in [5.41, 5.74) is 0.0111. The highest BCUT2D eigenvalue weighted by Gasteiger charge is 2.48. The van der Waals surface area contributed by atoms with Gasteiger partial charge in [-0.2, -0.15) is 0 Å². The fraction of sp³-hybridized carbons (Fsp3) is 0.0952. The number of urea groups is 1. The number of rotatable bonds is 4. The van der Waals surface area contributed by atoms with E-state index in [1.165, 1.54) is 28.0 Å². The second-order valence-electron chi connectivity index (χ2n) is 7.04. The highest BCUT2D eigenvalue weighted by Crippen LogP contribution is 2.34. The van der Waals surface area contributed by atoms with E-state index in [9.17, 15) is 19.1 Å². The van der Waals surface area contributed by atoms with Crippen molar-refractivity contribution in [3.63, 3.8) is 0 Å². The standard InChI is InChI=1S/C21H15FN4O3S/c22-15-6-3-13-10-26(18(27)16(13)9-15)11-21(19(28)24-20(29)25-21)14-4-1-12(2-5-14)17-23-7-8-30-17/h1-10,27H,11H2,(H2,24,25,28,29)/t21-/m0/s1. The van der Waals surface area contributed by atoms with Gasteiger partial charge in [0.15, 0.2) is 11.4 Å². The van der Waals surface area contributed by atoms with E-state index in [2.05, 4.69) is 15.6 Å². The van der Waals surface area contributed by atoms with Crippen LogP contribution in [0.3, 0.4) is 0 Å². The summed E-state index contributed by atoms with van der Waals surface area (Å²) in [7, 11) is 0. The van der Waals surface area contributed by atoms with Gasteiger partial charge < -0.3 is 15.0 Å². The van der Waals surface area contributed by atoms with Crippen molar-refractivity contribution in [1.29, 1.82) is 0 Å². The van der Waals surface area contributed by atoms with Crippen LogP contribution >= 0.6 is 11.3 Å². The molecule has 1 saturated heterocycles. The van der Waals surface area contributed by atoms with Crippen LogP contribution in [0.2, 0.25) is 0 Å². The van der Waals surface area contributed by atoms with E-state index >= 15 is 0 Å². The van der Waals surface area contributed by atoms with Crippen LogP contribution in [0.15, 0.2) is 60.2 Å². The first kappa shape index (κ1) is 18.3. The Morgan fingerprint density at radius 3 is 2.63 bits per heavy atom. The monoisotopic (exact) mass is 422 g/mol. The van der Waals surface area contributed by atoms with Crippen molar-refractivity contribution in [1.82, 2.24) is 20.2 Å². The lowest BCUT2D eigenvalue weighted by molar-refractivity contribution is -0.124. The normalized spacial score (nSPS) is 18.6. The highest BCUT2D eigenvalue weighted by molar-refractivity contribution is 7.13. The van der Waals surface area contributed by atoms with Crippen LogP contribution in [0.4, 0.5) is 9.18 Å². The number of benzene rings is 2. The van der Waals surface area contributed by atoms with Gasteiger partial charge >= 0.3 is 6.03 Å². The summed E-state index contributed by atoms with van der Waals surface area (Å²) in [5.74, 6) is -1.19. The van der Waals surface area contributed by atoms with Gasteiger partial charge in [-0.1, -0.05) is 24.3 Å². The van der Waals surface area contributed by atoms with E-state index < -0.39 is 23.3 Å². The molecule has 0 unspecified atom stereocenters. The number of amides is 3. The Labute approximate surface area is 173 Å². The Hall–Kier alpha value is -3.72. The van der Waals surface area contributed by atoms with Crippen LogP contribution in [0.1, 0.15) is 5.56 Å². The molecule has 1 fully saturated rings. The molecule has 0 saturated carbocycles. The molecule has 3 N–H and O–H groups in total. The Kier molecular flexibility index (Phi) is 4.07. The Balaban J connectivity index is 1.58. The highest BCUT2D eigenvalue weighted by atomic mass is 32.1. The van der Waals surface area contributed by atoms with Crippen molar-refractivity contribution in [2.75, 3.05) is 0 Å². The van der Waals surface area contributed by atoms with Gasteiger partial charge in [-0.25, -0.2) is 14.2 Å². The fourth-order valence-electron chi connectivity index (χ4n) is 3.76. The second kappa shape index (κ2) is 6.67. The van der Waals surface area contributed by atoms with Crippen LogP contribution in [0, 0.1) is 5.82 Å². The predicted octanol–water partition coefficient (Wildman–Crippen LogP) is 3.34. The minimum atomic E-state index is -1.43. The van der Waals surface area contributed by atoms with Crippen molar-refractivity contribution >= 4 is 34.0 Å². The Morgan fingerprint density at radius 1 is 1.17 bits per heavy atom. The molecule has 150 valence electrons. The lowest BCUT2D eigenvalue weighted by Gasteiger charge is -2.27. The zero-order valence-electron chi connectivity index (χ0n) is 15.4. The number of halogens is 1. The summed E-state index contributed by atoms with van der Waals surface area (Å²) >= 11 is 1.49. The number of aromatic hydroxyl groups is 1. The molecule has 1 aliphatic rings. The molecule has 0 spiro atoms. The number of thiazole rings is 1. The summed E-state index contributed by atoms with van der Waals surface area (Å²) in [6, 6.07) is 10.6. The zero-order chi connectivity index (χ0) is 20.9. The minimum absolute atomic E-state index is 0.0662. The quantitative estimate of drug-likeness (QED) is 0.440. The SMILES string of the molecule is O=C1NC(=O)[C@](Cn2cc3ccc(F)cc3c2O)(c2ccc(-c3nccs3)cc2)N1. The summed E-state index contributed by atoms with van der Waals surface area (Å²) in [6.07, 6.45) is 3.33. The molecule has 3 heterocycles. The summed E-state index contributed by atoms with van der Waals surface area (Å²) < 4.78 is 15.0. The Morgan fingerprint density at radius 2 is 1.97 bits per heavy atom. The number of imide groups is 1. The average molecular weight is 422 g/mol. The number of nitrogens with zero attached hydrogens (tertiary/aromatic N) is 2. The van der Waals surface area contributed by atoms with Crippen LogP contribution in [0.25, 0.3) is 21.3 Å². The van der Waals surface area contributed by atoms with Crippen molar-refractivity contribution in [2.45, 2.75) is 12.1 Å². The predicted molar refractivity (Wildman–Crippen MR) is 109 cm³/mol. The molecule has 0 radical (unpaired) electrons. The molecule has 0 aliphatic carbocycles. The maximum Gasteiger partial charge on any atom is 0.322 e. The van der Waals surface area contributed by atoms with Crippen molar-refractivity contribution in [3.8, 4) is 16.5 Å². The average Bonchev–Trinajstić information content (AvgIpc) is 3.43. The molecule has 1 atom stereocenters. The first-order chi connectivity index (χ1) is 14.5. The van der Waals surface area contributed by atoms with Gasteiger partial charge in [-0.15, -0.1) is 11.3 Å². The maximum atomic E-state index is 13.6. The molecule has 3 amide bonds. The molecule has 2 aromatic heterocycles. The third kappa shape index (κ3) is 2.82. The van der Waals surface area contributed by atoms with Gasteiger partial charge in [0.25, 0.3) is 5.91 Å². The number of carbonyl (C=O) groups excluding carboxylic acids is 2. The van der Waals surface area contributed by atoms with Gasteiger partial charge in [0, 0.05) is 34.1 Å². The zero-order valence-corrected chi connectivity index (χ0v) is 16.2. The molecule has 0 bridgehead atoms. The lowest BCUT2D eigenvalue weighted by Crippen LogP contribution is -2.47. The molecule has 7 nitrogen and oxygen atoms in total. The number of fused-ring (bicyclic) bond motifs is 1. The van der Waals surface area contributed by atoms with Crippen molar-refractivity contribution in [3.05, 3.63) is 71.6 Å². The summed E-state index contributed by atoms with van der Waals surface area (Å²) in [5, 5.41) is 19.2. The molecule has 5 rings (SSSR count). The topological polar surface area (TPSA) is 96.2 Å². The Bertz CT molecular complexity index is 1280. The lowest BCUT2D eigenvalue weighted by atomic mass is 9.89. The molecule has 2 aromatic carbocycles. The third-order valence-electron chi connectivity index (χ3n) is 5.23. The first-order valence-corrected chi connectivity index (χ1v) is 9.96. The summed E-state index contributed by atoms with van der Waals surface area (Å²) in [4.78, 5) is 29.1. The second-order valence-corrected chi connectivity index (χ2v) is 7.93. The minimum Gasteiger partial charge on any atom is -0.494 e. The van der Waals surface area contributed by atoms with E-state index in [1.54, 1.807) is 30.6 Å². The van der Waals surface area contributed by atoms with E-state index in [-0.39, 0.29) is 12.4 Å². The number of hydrogen-bond donors (Lipinski definition) is 3. The van der Waals surface area contributed by atoms with Gasteiger partial charge in [0.1, 0.15) is 10.8 Å². The molecular weight excluding hydrogens is 407 g/mol. The van der Waals surface area contributed by atoms with Gasteiger partial charge in [0.2, 0.25) is 0 Å². The van der Waals surface area contributed by atoms with Crippen LogP contribution in [0.5, 0.6) is 5.88 Å². The molecule has 9 heteroatoms. The molecule has 1 aliphatic heterocycles. The summed E-state index contributed by atoms with van der Waals surface area (Å²) in [6.45, 7) is -0.0662. The number of aromatic nitrogens is 2. The van der Waals surface area contributed by atoms with E-state index in [1.807, 2.05) is 17.5 Å². The van der Waals surface area contributed by atoms with E-state index in [0.717, 1.165) is 10.6 Å². The van der Waals surface area contributed by atoms with Gasteiger partial charge in [0.05, 0.1) is 6.54 Å². The molecule has 4 aromatic rings. The van der Waals surface area contributed by atoms with E-state index in [4.69, 9.17) is 0 Å². The maximum absolute atomic E-state index is 13.6. The molecular formula is C21H15FN4O3S. The number of nitrogens with one attached hydrogen (secondary N) is 2. The van der Waals surface area contributed by atoms with E-state index in [0.29, 0.717) is 16.3 Å².